The fraction of sp³-hybridized carbons (Fsp3) is 0.444. The van der Waals surface area contributed by atoms with E-state index in [-0.39, 0.29) is 5.97 Å². The van der Waals surface area contributed by atoms with E-state index in [2.05, 4.69) is 15.5 Å². The van der Waals surface area contributed by atoms with Crippen molar-refractivity contribution in [3.8, 4) is 0 Å². The van der Waals surface area contributed by atoms with Crippen molar-refractivity contribution < 1.29 is 9.53 Å². The van der Waals surface area contributed by atoms with E-state index in [1.165, 1.54) is 0 Å². The Bertz CT molecular complexity index is 277. The average molecular weight is 195 g/mol. The van der Waals surface area contributed by atoms with E-state index in [0.717, 1.165) is 0 Å². The lowest BCUT2D eigenvalue weighted by Crippen LogP contribution is -2.12. The minimum absolute atomic E-state index is 0.205. The van der Waals surface area contributed by atoms with Crippen LogP contribution in [0.3, 0.4) is 0 Å². The predicted octanol–water partition coefficient (Wildman–Crippen LogP) is 0.842. The fourth-order valence-corrected chi connectivity index (χ4v) is 0.922. The van der Waals surface area contributed by atoms with Gasteiger partial charge in [-0.25, -0.2) is 0 Å². The van der Waals surface area contributed by atoms with Gasteiger partial charge in [-0.1, -0.05) is 0 Å². The van der Waals surface area contributed by atoms with Crippen molar-refractivity contribution in [3.05, 3.63) is 18.3 Å². The zero-order valence-corrected chi connectivity index (χ0v) is 8.06. The summed E-state index contributed by atoms with van der Waals surface area (Å²) < 4.78 is 4.76. The van der Waals surface area contributed by atoms with Gasteiger partial charge in [0.25, 0.3) is 0 Å². The van der Waals surface area contributed by atoms with Gasteiger partial charge >= 0.3 is 5.97 Å². The highest BCUT2D eigenvalue weighted by Crippen LogP contribution is 1.97. The van der Waals surface area contributed by atoms with Crippen LogP contribution in [0.15, 0.2) is 18.3 Å². The molecule has 5 nitrogen and oxygen atoms in total. The Morgan fingerprint density at radius 2 is 2.50 bits per heavy atom. The molecule has 0 bridgehead atoms. The fourth-order valence-electron chi connectivity index (χ4n) is 0.922. The number of carbonyl (C=O) groups is 1. The maximum absolute atomic E-state index is 10.9. The Labute approximate surface area is 82.5 Å². The number of ether oxygens (including phenoxy) is 1. The average Bonchev–Trinajstić information content (AvgIpc) is 2.20. The van der Waals surface area contributed by atoms with Crippen LogP contribution >= 0.6 is 0 Å². The molecule has 5 heteroatoms. The summed E-state index contributed by atoms with van der Waals surface area (Å²) in [5.74, 6) is 0.459. The van der Waals surface area contributed by atoms with Crippen molar-refractivity contribution in [2.75, 3.05) is 18.5 Å². The van der Waals surface area contributed by atoms with Crippen LogP contribution in [0.1, 0.15) is 13.3 Å². The van der Waals surface area contributed by atoms with Crippen LogP contribution in [0.2, 0.25) is 0 Å². The number of rotatable bonds is 5. The molecular weight excluding hydrogens is 182 g/mol. The molecular formula is C9H13N3O2. The number of hydrogen-bond acceptors (Lipinski definition) is 5. The normalized spacial score (nSPS) is 9.50. The van der Waals surface area contributed by atoms with Gasteiger partial charge in [0.1, 0.15) is 5.82 Å². The van der Waals surface area contributed by atoms with Gasteiger partial charge in [-0.15, -0.1) is 5.10 Å². The van der Waals surface area contributed by atoms with Crippen LogP contribution < -0.4 is 5.32 Å². The molecule has 1 aromatic rings. The maximum Gasteiger partial charge on any atom is 0.307 e. The molecule has 76 valence electrons. The van der Waals surface area contributed by atoms with Gasteiger partial charge < -0.3 is 10.1 Å². The Morgan fingerprint density at radius 1 is 1.64 bits per heavy atom. The Hall–Kier alpha value is -1.65. The Balaban J connectivity index is 2.19. The lowest BCUT2D eigenvalue weighted by molar-refractivity contribution is -0.142. The standard InChI is InChI=1S/C9H13N3O2/c1-2-14-9(13)5-7-10-8-4-3-6-11-12-8/h3-4,6H,2,5,7H2,1H3,(H,10,12). The highest BCUT2D eigenvalue weighted by atomic mass is 16.5. The molecule has 0 aromatic carbocycles. The molecule has 0 fully saturated rings. The van der Waals surface area contributed by atoms with Gasteiger partial charge in [0.2, 0.25) is 0 Å². The molecule has 0 amide bonds. The zero-order valence-electron chi connectivity index (χ0n) is 8.06. The Kier molecular flexibility index (Phi) is 4.40. The molecule has 0 atom stereocenters. The summed E-state index contributed by atoms with van der Waals surface area (Å²) in [6.07, 6.45) is 1.93. The molecule has 1 rings (SSSR count). The second-order valence-corrected chi connectivity index (χ2v) is 2.59. The summed E-state index contributed by atoms with van der Waals surface area (Å²) in [5, 5.41) is 10.5. The molecule has 0 aliphatic rings. The molecule has 0 saturated heterocycles. The lowest BCUT2D eigenvalue weighted by Gasteiger charge is -2.03. The second kappa shape index (κ2) is 5.90. The number of anilines is 1. The van der Waals surface area contributed by atoms with Gasteiger partial charge in [0.05, 0.1) is 13.0 Å². The summed E-state index contributed by atoms with van der Waals surface area (Å²) in [7, 11) is 0. The third-order valence-corrected chi connectivity index (χ3v) is 1.51. The quantitative estimate of drug-likeness (QED) is 0.705. The summed E-state index contributed by atoms with van der Waals surface area (Å²) >= 11 is 0. The van der Waals surface area contributed by atoms with Crippen LogP contribution in [0.4, 0.5) is 5.82 Å². The number of aromatic nitrogens is 2. The van der Waals surface area contributed by atoms with Crippen LogP contribution in [0.25, 0.3) is 0 Å². The van der Waals surface area contributed by atoms with E-state index in [4.69, 9.17) is 4.74 Å². The monoisotopic (exact) mass is 195 g/mol. The molecule has 14 heavy (non-hydrogen) atoms. The van der Waals surface area contributed by atoms with Crippen molar-refractivity contribution in [1.29, 1.82) is 0 Å². The van der Waals surface area contributed by atoms with E-state index in [1.807, 2.05) is 0 Å². The molecule has 0 aliphatic carbocycles. The largest absolute Gasteiger partial charge is 0.466 e. The SMILES string of the molecule is CCOC(=O)CCNc1cccnn1. The van der Waals surface area contributed by atoms with E-state index in [9.17, 15) is 4.79 Å². The first-order valence-corrected chi connectivity index (χ1v) is 4.50. The first-order chi connectivity index (χ1) is 6.83. The van der Waals surface area contributed by atoms with E-state index < -0.39 is 0 Å². The molecule has 0 unspecified atom stereocenters. The summed E-state index contributed by atoms with van der Waals surface area (Å²) in [4.78, 5) is 10.9. The Morgan fingerprint density at radius 3 is 3.14 bits per heavy atom. The summed E-state index contributed by atoms with van der Waals surface area (Å²) in [6.45, 7) is 2.72. The smallest absolute Gasteiger partial charge is 0.307 e. The highest BCUT2D eigenvalue weighted by molar-refractivity contribution is 5.69. The van der Waals surface area contributed by atoms with Gasteiger partial charge in [-0.3, -0.25) is 4.79 Å². The van der Waals surface area contributed by atoms with Gasteiger partial charge in [-0.2, -0.15) is 5.10 Å². The van der Waals surface area contributed by atoms with E-state index in [0.29, 0.717) is 25.4 Å². The minimum Gasteiger partial charge on any atom is -0.466 e. The summed E-state index contributed by atoms with van der Waals surface area (Å²) in [5.41, 5.74) is 0. The van der Waals surface area contributed by atoms with Gasteiger partial charge in [0.15, 0.2) is 0 Å². The molecule has 0 aliphatic heterocycles. The lowest BCUT2D eigenvalue weighted by atomic mass is 10.4. The van der Waals surface area contributed by atoms with Crippen molar-refractivity contribution in [2.45, 2.75) is 13.3 Å². The van der Waals surface area contributed by atoms with Crippen molar-refractivity contribution in [3.63, 3.8) is 0 Å². The number of hydrogen-bond donors (Lipinski definition) is 1. The van der Waals surface area contributed by atoms with Crippen LogP contribution in [0, 0.1) is 0 Å². The van der Waals surface area contributed by atoms with Gasteiger partial charge in [0, 0.05) is 12.7 Å². The van der Waals surface area contributed by atoms with Crippen molar-refractivity contribution in [2.24, 2.45) is 0 Å². The predicted molar refractivity (Wildman–Crippen MR) is 51.8 cm³/mol. The number of carbonyl (C=O) groups excluding carboxylic acids is 1. The van der Waals surface area contributed by atoms with E-state index in [1.54, 1.807) is 25.3 Å². The molecule has 1 heterocycles. The molecule has 0 spiro atoms. The topological polar surface area (TPSA) is 64.1 Å². The number of esters is 1. The van der Waals surface area contributed by atoms with Crippen LogP contribution in [0.5, 0.6) is 0 Å². The number of nitrogens with zero attached hydrogens (tertiary/aromatic N) is 2. The third kappa shape index (κ3) is 3.84. The van der Waals surface area contributed by atoms with Crippen LogP contribution in [-0.4, -0.2) is 29.3 Å². The molecule has 1 aromatic heterocycles. The maximum atomic E-state index is 10.9. The van der Waals surface area contributed by atoms with Crippen LogP contribution in [-0.2, 0) is 9.53 Å². The summed E-state index contributed by atoms with van der Waals surface area (Å²) in [6, 6.07) is 3.57. The van der Waals surface area contributed by atoms with Crippen molar-refractivity contribution >= 4 is 11.8 Å². The first kappa shape index (κ1) is 10.4. The zero-order chi connectivity index (χ0) is 10.2. The first-order valence-electron chi connectivity index (χ1n) is 4.50. The van der Waals surface area contributed by atoms with E-state index >= 15 is 0 Å². The molecule has 0 saturated carbocycles. The number of nitrogens with one attached hydrogen (secondary N) is 1. The molecule has 1 N–H and O–H groups in total. The third-order valence-electron chi connectivity index (χ3n) is 1.51. The second-order valence-electron chi connectivity index (χ2n) is 2.59. The highest BCUT2D eigenvalue weighted by Gasteiger charge is 2.00. The van der Waals surface area contributed by atoms with Gasteiger partial charge in [-0.05, 0) is 19.1 Å². The minimum atomic E-state index is -0.205. The molecule has 0 radical (unpaired) electrons. The van der Waals surface area contributed by atoms with Crippen molar-refractivity contribution in [1.82, 2.24) is 10.2 Å².